The van der Waals surface area contributed by atoms with Crippen LogP contribution < -0.4 is 5.43 Å². The Labute approximate surface area is 160 Å². The van der Waals surface area contributed by atoms with E-state index in [4.69, 9.17) is 16.7 Å². The van der Waals surface area contributed by atoms with Gasteiger partial charge in [-0.15, -0.1) is 0 Å². The monoisotopic (exact) mass is 378 g/mol. The number of hydrogen-bond acceptors (Lipinski definition) is 4. The summed E-state index contributed by atoms with van der Waals surface area (Å²) in [5.41, 5.74) is 4.34. The summed E-state index contributed by atoms with van der Waals surface area (Å²) in [5, 5.41) is 24.3. The van der Waals surface area contributed by atoms with Crippen LogP contribution in [-0.2, 0) is 0 Å². The molecule has 0 aliphatic heterocycles. The fraction of sp³-hybridized carbons (Fsp3) is 0.0476. The summed E-state index contributed by atoms with van der Waals surface area (Å²) in [4.78, 5) is 12.1. The SMILES string of the molecule is O=C(NN=Cc1ccc(C#CCO)c2ccccc12)c1ccc(O)c(Cl)c1. The van der Waals surface area contributed by atoms with Gasteiger partial charge >= 0.3 is 0 Å². The molecule has 3 N–H and O–H groups in total. The summed E-state index contributed by atoms with van der Waals surface area (Å²) in [6.45, 7) is -0.204. The summed E-state index contributed by atoms with van der Waals surface area (Å²) in [6, 6.07) is 15.5. The van der Waals surface area contributed by atoms with E-state index in [1.165, 1.54) is 18.2 Å². The number of phenolic OH excluding ortho intramolecular Hbond substituents is 1. The lowest BCUT2D eigenvalue weighted by atomic mass is 10.0. The molecule has 6 heteroatoms. The average molecular weight is 379 g/mol. The second-order valence-electron chi connectivity index (χ2n) is 5.57. The third-order valence-electron chi connectivity index (χ3n) is 3.84. The van der Waals surface area contributed by atoms with Crippen LogP contribution in [0.2, 0.25) is 5.02 Å². The van der Waals surface area contributed by atoms with Crippen molar-refractivity contribution in [1.29, 1.82) is 0 Å². The summed E-state index contributed by atoms with van der Waals surface area (Å²) in [7, 11) is 0. The fourth-order valence-corrected chi connectivity index (χ4v) is 2.73. The van der Waals surface area contributed by atoms with Crippen LogP contribution in [0, 0.1) is 11.8 Å². The number of aliphatic hydroxyl groups is 1. The maximum absolute atomic E-state index is 12.1. The van der Waals surface area contributed by atoms with E-state index in [0.717, 1.165) is 21.9 Å². The highest BCUT2D eigenvalue weighted by atomic mass is 35.5. The molecule has 5 nitrogen and oxygen atoms in total. The largest absolute Gasteiger partial charge is 0.506 e. The molecule has 0 aliphatic carbocycles. The summed E-state index contributed by atoms with van der Waals surface area (Å²) in [6.07, 6.45) is 1.55. The predicted molar refractivity (Wildman–Crippen MR) is 106 cm³/mol. The molecular formula is C21H15ClN2O3. The molecule has 0 saturated heterocycles. The molecule has 27 heavy (non-hydrogen) atoms. The Morgan fingerprint density at radius 2 is 1.93 bits per heavy atom. The Morgan fingerprint density at radius 3 is 2.67 bits per heavy atom. The minimum atomic E-state index is -0.442. The van der Waals surface area contributed by atoms with Gasteiger partial charge in [0.05, 0.1) is 11.2 Å². The number of carbonyl (C=O) groups excluding carboxylic acids is 1. The lowest BCUT2D eigenvalue weighted by Gasteiger charge is -2.05. The van der Waals surface area contributed by atoms with Gasteiger partial charge in [-0.05, 0) is 35.0 Å². The van der Waals surface area contributed by atoms with Gasteiger partial charge in [-0.25, -0.2) is 5.43 Å². The van der Waals surface area contributed by atoms with Crippen molar-refractivity contribution in [2.75, 3.05) is 6.61 Å². The van der Waals surface area contributed by atoms with Crippen molar-refractivity contribution >= 4 is 34.5 Å². The van der Waals surface area contributed by atoms with Gasteiger partial charge in [-0.1, -0.05) is 53.8 Å². The molecule has 0 fully saturated rings. The van der Waals surface area contributed by atoms with E-state index in [2.05, 4.69) is 22.4 Å². The Hall–Kier alpha value is -3.33. The summed E-state index contributed by atoms with van der Waals surface area (Å²) >= 11 is 5.81. The number of carbonyl (C=O) groups is 1. The number of halogens is 1. The molecule has 0 aromatic heterocycles. The van der Waals surface area contributed by atoms with E-state index in [9.17, 15) is 9.90 Å². The van der Waals surface area contributed by atoms with Gasteiger partial charge in [0.2, 0.25) is 0 Å². The number of amides is 1. The van der Waals surface area contributed by atoms with Crippen LogP contribution in [0.25, 0.3) is 10.8 Å². The number of hydrazone groups is 1. The quantitative estimate of drug-likeness (QED) is 0.371. The van der Waals surface area contributed by atoms with Gasteiger partial charge in [0, 0.05) is 16.7 Å². The van der Waals surface area contributed by atoms with Crippen molar-refractivity contribution in [2.45, 2.75) is 0 Å². The van der Waals surface area contributed by atoms with Crippen LogP contribution in [0.3, 0.4) is 0 Å². The van der Waals surface area contributed by atoms with Gasteiger partial charge in [0.15, 0.2) is 0 Å². The van der Waals surface area contributed by atoms with E-state index in [1.807, 2.05) is 36.4 Å². The minimum absolute atomic E-state index is 0.0902. The molecule has 134 valence electrons. The highest BCUT2D eigenvalue weighted by Crippen LogP contribution is 2.24. The number of phenols is 1. The molecule has 0 saturated carbocycles. The van der Waals surface area contributed by atoms with Crippen LogP contribution in [0.4, 0.5) is 0 Å². The molecule has 0 radical (unpaired) electrons. The topological polar surface area (TPSA) is 81.9 Å². The van der Waals surface area contributed by atoms with Crippen molar-refractivity contribution in [2.24, 2.45) is 5.10 Å². The molecule has 0 heterocycles. The Balaban J connectivity index is 1.84. The molecule has 3 rings (SSSR count). The van der Waals surface area contributed by atoms with Crippen LogP contribution in [0.15, 0.2) is 59.7 Å². The number of benzene rings is 3. The molecular weight excluding hydrogens is 364 g/mol. The number of nitrogens with zero attached hydrogens (tertiary/aromatic N) is 1. The number of rotatable bonds is 3. The smallest absolute Gasteiger partial charge is 0.271 e. The normalized spacial score (nSPS) is 10.6. The molecule has 0 unspecified atom stereocenters. The average Bonchev–Trinajstić information content (AvgIpc) is 2.69. The lowest BCUT2D eigenvalue weighted by molar-refractivity contribution is 0.0955. The van der Waals surface area contributed by atoms with Gasteiger partial charge in [-0.2, -0.15) is 5.10 Å². The lowest BCUT2D eigenvalue weighted by Crippen LogP contribution is -2.17. The van der Waals surface area contributed by atoms with Gasteiger partial charge < -0.3 is 10.2 Å². The van der Waals surface area contributed by atoms with Crippen molar-refractivity contribution in [3.63, 3.8) is 0 Å². The second-order valence-corrected chi connectivity index (χ2v) is 5.98. The minimum Gasteiger partial charge on any atom is -0.506 e. The van der Waals surface area contributed by atoms with E-state index >= 15 is 0 Å². The molecule has 3 aromatic carbocycles. The van der Waals surface area contributed by atoms with Crippen molar-refractivity contribution < 1.29 is 15.0 Å². The third-order valence-corrected chi connectivity index (χ3v) is 4.14. The first-order valence-corrected chi connectivity index (χ1v) is 8.41. The number of fused-ring (bicyclic) bond motifs is 1. The fourth-order valence-electron chi connectivity index (χ4n) is 2.55. The summed E-state index contributed by atoms with van der Waals surface area (Å²) < 4.78 is 0. The van der Waals surface area contributed by atoms with E-state index in [0.29, 0.717) is 0 Å². The number of hydrogen-bond donors (Lipinski definition) is 3. The number of aliphatic hydroxyl groups excluding tert-OH is 1. The molecule has 0 aliphatic rings. The Bertz CT molecular complexity index is 1100. The van der Waals surface area contributed by atoms with Gasteiger partial charge in [-0.3, -0.25) is 4.79 Å². The Kier molecular flexibility index (Phi) is 5.72. The van der Waals surface area contributed by atoms with Crippen LogP contribution in [-0.4, -0.2) is 28.9 Å². The first-order valence-electron chi connectivity index (χ1n) is 8.03. The standard InChI is InChI=1S/C21H15ClN2O3/c22-19-12-15(9-10-20(19)26)21(27)24-23-13-16-8-7-14(4-3-11-25)17-5-1-2-6-18(16)17/h1-2,5-10,12-13,25-26H,11H2,(H,24,27). The first kappa shape index (κ1) is 18.5. The predicted octanol–water partition coefficient (Wildman–Crippen LogP) is 3.31. The van der Waals surface area contributed by atoms with Crippen LogP contribution in [0.5, 0.6) is 5.75 Å². The van der Waals surface area contributed by atoms with Crippen LogP contribution in [0.1, 0.15) is 21.5 Å². The van der Waals surface area contributed by atoms with Crippen LogP contribution >= 0.6 is 11.6 Å². The van der Waals surface area contributed by atoms with Crippen molar-refractivity contribution in [3.05, 3.63) is 76.3 Å². The zero-order valence-corrected chi connectivity index (χ0v) is 14.9. The molecule has 0 atom stereocenters. The molecule has 0 bridgehead atoms. The van der Waals surface area contributed by atoms with Crippen molar-refractivity contribution in [3.8, 4) is 17.6 Å². The zero-order valence-electron chi connectivity index (χ0n) is 14.1. The van der Waals surface area contributed by atoms with E-state index in [-0.39, 0.29) is 22.9 Å². The Morgan fingerprint density at radius 1 is 1.15 bits per heavy atom. The zero-order chi connectivity index (χ0) is 19.2. The maximum atomic E-state index is 12.1. The van der Waals surface area contributed by atoms with Gasteiger partial charge in [0.25, 0.3) is 5.91 Å². The highest BCUT2D eigenvalue weighted by Gasteiger charge is 2.07. The molecule has 3 aromatic rings. The third kappa shape index (κ3) is 4.26. The molecule has 1 amide bonds. The first-order chi connectivity index (χ1) is 13.1. The number of nitrogens with one attached hydrogen (secondary N) is 1. The number of aromatic hydroxyl groups is 1. The molecule has 0 spiro atoms. The highest BCUT2D eigenvalue weighted by molar-refractivity contribution is 6.32. The maximum Gasteiger partial charge on any atom is 0.271 e. The van der Waals surface area contributed by atoms with E-state index in [1.54, 1.807) is 6.21 Å². The van der Waals surface area contributed by atoms with Crippen molar-refractivity contribution in [1.82, 2.24) is 5.43 Å². The summed E-state index contributed by atoms with van der Waals surface area (Å²) in [5.74, 6) is 5.04. The van der Waals surface area contributed by atoms with E-state index < -0.39 is 5.91 Å². The van der Waals surface area contributed by atoms with Gasteiger partial charge in [0.1, 0.15) is 12.4 Å². The second kappa shape index (κ2) is 8.37.